The van der Waals surface area contributed by atoms with E-state index in [9.17, 15) is 0 Å². The lowest BCUT2D eigenvalue weighted by Gasteiger charge is -2.20. The van der Waals surface area contributed by atoms with Gasteiger partial charge in [0.15, 0.2) is 0 Å². The number of thioether (sulfide) groups is 1. The van der Waals surface area contributed by atoms with Crippen LogP contribution in [0.5, 0.6) is 0 Å². The van der Waals surface area contributed by atoms with Gasteiger partial charge in [-0.3, -0.25) is 0 Å². The van der Waals surface area contributed by atoms with Crippen LogP contribution >= 0.6 is 11.8 Å². The third kappa shape index (κ3) is 5.04. The second-order valence-electron chi connectivity index (χ2n) is 4.77. The van der Waals surface area contributed by atoms with Gasteiger partial charge in [-0.2, -0.15) is 0 Å². The van der Waals surface area contributed by atoms with E-state index in [0.29, 0.717) is 12.5 Å². The first kappa shape index (κ1) is 14.3. The Morgan fingerprint density at radius 2 is 2.06 bits per heavy atom. The number of rotatable bonds is 7. The molecule has 1 rings (SSSR count). The van der Waals surface area contributed by atoms with Gasteiger partial charge in [-0.05, 0) is 31.4 Å². The van der Waals surface area contributed by atoms with Crippen molar-refractivity contribution >= 4 is 11.8 Å². The molecule has 1 aliphatic heterocycles. The first-order valence-corrected chi connectivity index (χ1v) is 7.35. The highest BCUT2D eigenvalue weighted by molar-refractivity contribution is 7.99. The maximum atomic E-state index is 8.96. The van der Waals surface area contributed by atoms with Crippen molar-refractivity contribution < 1.29 is 14.6 Å². The molecule has 0 aromatic carbocycles. The lowest BCUT2D eigenvalue weighted by molar-refractivity contribution is -0.0384. The van der Waals surface area contributed by atoms with Crippen molar-refractivity contribution in [2.24, 2.45) is 5.92 Å². The number of aliphatic hydroxyl groups is 1. The lowest BCUT2D eigenvalue weighted by Crippen LogP contribution is -2.22. The second kappa shape index (κ2) is 7.54. The molecule has 1 aliphatic rings. The van der Waals surface area contributed by atoms with Crippen molar-refractivity contribution in [3.8, 4) is 0 Å². The maximum Gasteiger partial charge on any atom is 0.103 e. The summed E-state index contributed by atoms with van der Waals surface area (Å²) in [5, 5.41) is 8.96. The van der Waals surface area contributed by atoms with E-state index in [4.69, 9.17) is 14.6 Å². The number of aliphatic hydroxyl groups excluding tert-OH is 1. The van der Waals surface area contributed by atoms with E-state index < -0.39 is 0 Å². The van der Waals surface area contributed by atoms with Gasteiger partial charge in [0.2, 0.25) is 0 Å². The Bertz CT molecular complexity index is 187. The van der Waals surface area contributed by atoms with Gasteiger partial charge in [0.25, 0.3) is 0 Å². The fourth-order valence-electron chi connectivity index (χ4n) is 1.87. The minimum atomic E-state index is 0.0337. The monoisotopic (exact) mass is 248 g/mol. The quantitative estimate of drug-likeness (QED) is 0.702. The molecule has 1 fully saturated rings. The standard InChI is InChI=1S/C12H24O3S/c1-9(2)6-12(16-3)14-8-11-5-4-10(7-13)15-11/h9-13H,4-8H2,1-3H3. The summed E-state index contributed by atoms with van der Waals surface area (Å²) in [7, 11) is 0. The Hall–Kier alpha value is 0.230. The summed E-state index contributed by atoms with van der Waals surface area (Å²) in [6, 6.07) is 0. The van der Waals surface area contributed by atoms with E-state index in [1.54, 1.807) is 11.8 Å². The minimum absolute atomic E-state index is 0.0337. The Morgan fingerprint density at radius 1 is 1.38 bits per heavy atom. The van der Waals surface area contributed by atoms with Crippen LogP contribution in [0.3, 0.4) is 0 Å². The van der Waals surface area contributed by atoms with Crippen molar-refractivity contribution in [2.45, 2.75) is 50.8 Å². The van der Waals surface area contributed by atoms with Crippen LogP contribution in [0.2, 0.25) is 0 Å². The van der Waals surface area contributed by atoms with Gasteiger partial charge in [0.05, 0.1) is 25.4 Å². The molecule has 0 radical (unpaired) electrons. The molecule has 0 aliphatic carbocycles. The summed E-state index contributed by atoms with van der Waals surface area (Å²) < 4.78 is 11.5. The van der Waals surface area contributed by atoms with Gasteiger partial charge < -0.3 is 14.6 Å². The summed E-state index contributed by atoms with van der Waals surface area (Å²) in [6.45, 7) is 5.21. The van der Waals surface area contributed by atoms with Crippen LogP contribution in [0.15, 0.2) is 0 Å². The summed E-state index contributed by atoms with van der Waals surface area (Å²) in [5.41, 5.74) is 0.275. The zero-order chi connectivity index (χ0) is 12.0. The fourth-order valence-corrected chi connectivity index (χ4v) is 2.66. The Morgan fingerprint density at radius 3 is 2.56 bits per heavy atom. The van der Waals surface area contributed by atoms with Crippen molar-refractivity contribution in [1.82, 2.24) is 0 Å². The Kier molecular flexibility index (Phi) is 6.73. The van der Waals surface area contributed by atoms with Gasteiger partial charge in [0, 0.05) is 0 Å². The second-order valence-corrected chi connectivity index (χ2v) is 5.77. The van der Waals surface area contributed by atoms with E-state index >= 15 is 0 Å². The summed E-state index contributed by atoms with van der Waals surface area (Å²) >= 11 is 1.76. The lowest BCUT2D eigenvalue weighted by atomic mass is 10.1. The van der Waals surface area contributed by atoms with E-state index in [1.807, 2.05) is 0 Å². The molecule has 3 atom stereocenters. The summed E-state index contributed by atoms with van der Waals surface area (Å²) in [5.74, 6) is 0.659. The predicted octanol–water partition coefficient (Wildman–Crippen LogP) is 2.28. The molecule has 0 spiro atoms. The molecule has 96 valence electrons. The molecular weight excluding hydrogens is 224 g/mol. The Balaban J connectivity index is 2.17. The first-order valence-electron chi connectivity index (χ1n) is 6.06. The highest BCUT2D eigenvalue weighted by Gasteiger charge is 2.25. The molecule has 4 heteroatoms. The van der Waals surface area contributed by atoms with Crippen molar-refractivity contribution in [3.05, 3.63) is 0 Å². The molecule has 0 saturated carbocycles. The van der Waals surface area contributed by atoms with Crippen molar-refractivity contribution in [1.29, 1.82) is 0 Å². The molecule has 1 N–H and O–H groups in total. The average molecular weight is 248 g/mol. The van der Waals surface area contributed by atoms with Gasteiger partial charge in [0.1, 0.15) is 5.44 Å². The van der Waals surface area contributed by atoms with E-state index in [2.05, 4.69) is 20.1 Å². The molecule has 0 bridgehead atoms. The van der Waals surface area contributed by atoms with Crippen LogP contribution < -0.4 is 0 Å². The van der Waals surface area contributed by atoms with Crippen LogP contribution in [-0.2, 0) is 9.47 Å². The third-order valence-electron chi connectivity index (χ3n) is 2.79. The van der Waals surface area contributed by atoms with Crippen LogP contribution in [-0.4, -0.2) is 42.2 Å². The SMILES string of the molecule is CSC(CC(C)C)OCC1CCC(CO)O1. The maximum absolute atomic E-state index is 8.96. The largest absolute Gasteiger partial charge is 0.394 e. The van der Waals surface area contributed by atoms with Crippen LogP contribution in [0.1, 0.15) is 33.1 Å². The highest BCUT2D eigenvalue weighted by atomic mass is 32.2. The van der Waals surface area contributed by atoms with Gasteiger partial charge in [-0.25, -0.2) is 0 Å². The summed E-state index contributed by atoms with van der Waals surface area (Å²) in [6.07, 6.45) is 5.34. The van der Waals surface area contributed by atoms with Crippen molar-refractivity contribution in [3.63, 3.8) is 0 Å². The third-order valence-corrected chi connectivity index (χ3v) is 3.65. The topological polar surface area (TPSA) is 38.7 Å². The smallest absolute Gasteiger partial charge is 0.103 e. The zero-order valence-electron chi connectivity index (χ0n) is 10.5. The molecule has 0 aromatic rings. The first-order chi connectivity index (χ1) is 7.65. The molecule has 1 heterocycles. The van der Waals surface area contributed by atoms with Gasteiger partial charge in [-0.15, -0.1) is 11.8 Å². The van der Waals surface area contributed by atoms with Crippen molar-refractivity contribution in [2.75, 3.05) is 19.5 Å². The molecule has 16 heavy (non-hydrogen) atoms. The highest BCUT2D eigenvalue weighted by Crippen LogP contribution is 2.23. The predicted molar refractivity (Wildman–Crippen MR) is 67.7 cm³/mol. The molecule has 0 amide bonds. The van der Waals surface area contributed by atoms with E-state index in [1.165, 1.54) is 0 Å². The van der Waals surface area contributed by atoms with Gasteiger partial charge in [-0.1, -0.05) is 13.8 Å². The minimum Gasteiger partial charge on any atom is -0.394 e. The number of hydrogen-bond donors (Lipinski definition) is 1. The Labute approximate surface area is 103 Å². The number of hydrogen-bond acceptors (Lipinski definition) is 4. The zero-order valence-corrected chi connectivity index (χ0v) is 11.3. The molecule has 3 unspecified atom stereocenters. The van der Waals surface area contributed by atoms with Gasteiger partial charge >= 0.3 is 0 Å². The molecular formula is C12H24O3S. The molecule has 1 saturated heterocycles. The van der Waals surface area contributed by atoms with Crippen LogP contribution in [0, 0.1) is 5.92 Å². The van der Waals surface area contributed by atoms with E-state index in [-0.39, 0.29) is 24.3 Å². The summed E-state index contributed by atoms with van der Waals surface area (Å²) in [4.78, 5) is 0. The average Bonchev–Trinajstić information content (AvgIpc) is 2.71. The normalized spacial score (nSPS) is 27.6. The number of ether oxygens (including phenoxy) is 2. The van der Waals surface area contributed by atoms with Crippen LogP contribution in [0.4, 0.5) is 0 Å². The molecule has 0 aromatic heterocycles. The fraction of sp³-hybridized carbons (Fsp3) is 1.00. The van der Waals surface area contributed by atoms with E-state index in [0.717, 1.165) is 19.3 Å². The molecule has 3 nitrogen and oxygen atoms in total. The van der Waals surface area contributed by atoms with Crippen LogP contribution in [0.25, 0.3) is 0 Å².